The van der Waals surface area contributed by atoms with Crippen LogP contribution in [-0.4, -0.2) is 20.3 Å². The summed E-state index contributed by atoms with van der Waals surface area (Å²) in [6.07, 6.45) is 0. The van der Waals surface area contributed by atoms with Gasteiger partial charge < -0.3 is 9.77 Å². The number of halogens is 2. The Labute approximate surface area is 86.3 Å². The van der Waals surface area contributed by atoms with Gasteiger partial charge in [-0.1, -0.05) is 21.1 Å². The summed E-state index contributed by atoms with van der Waals surface area (Å²) in [5.74, 6) is 0. The molecular weight excluding hydrogens is 288 g/mol. The lowest BCUT2D eigenvalue weighted by Gasteiger charge is -1.97. The molecule has 64 valence electrons. The summed E-state index contributed by atoms with van der Waals surface area (Å²) in [4.78, 5) is 0.120. The van der Waals surface area contributed by atoms with Crippen LogP contribution >= 0.6 is 31.9 Å². The highest BCUT2D eigenvalue weighted by atomic mass is 79.9. The highest BCUT2D eigenvalue weighted by Gasteiger charge is 2.28. The van der Waals surface area contributed by atoms with Gasteiger partial charge in [-0.3, -0.25) is 0 Å². The average Bonchev–Trinajstić information content (AvgIpc) is 2.52. The van der Waals surface area contributed by atoms with Gasteiger partial charge in [-0.25, -0.2) is 0 Å². The van der Waals surface area contributed by atoms with Crippen molar-refractivity contribution in [1.82, 2.24) is 4.57 Å². The van der Waals surface area contributed by atoms with Gasteiger partial charge in [0.1, 0.15) is 5.71 Å². The molecule has 2 rings (SSSR count). The van der Waals surface area contributed by atoms with Gasteiger partial charge in [0, 0.05) is 6.54 Å². The van der Waals surface area contributed by atoms with Gasteiger partial charge in [0.25, 0.3) is 0 Å². The molecule has 12 heavy (non-hydrogen) atoms. The quantitative estimate of drug-likeness (QED) is 0.444. The van der Waals surface area contributed by atoms with Crippen molar-refractivity contribution in [2.75, 3.05) is 0 Å². The molecule has 1 aromatic heterocycles. The molecule has 5 heteroatoms. The van der Waals surface area contributed by atoms with Crippen molar-refractivity contribution in [2.45, 2.75) is 11.4 Å². The molecule has 1 aromatic rings. The minimum atomic E-state index is 0.120. The van der Waals surface area contributed by atoms with Gasteiger partial charge in [-0.2, -0.15) is 0 Å². The molecule has 1 aliphatic heterocycles. The van der Waals surface area contributed by atoms with Crippen LogP contribution in [0.1, 0.15) is 5.69 Å². The van der Waals surface area contributed by atoms with E-state index in [0.717, 1.165) is 16.8 Å². The van der Waals surface area contributed by atoms with Crippen LogP contribution in [0.25, 0.3) is 0 Å². The number of oxime groups is 1. The first-order chi connectivity index (χ1) is 5.74. The highest BCUT2D eigenvalue weighted by Crippen LogP contribution is 2.27. The largest absolute Gasteiger partial charge is 0.411 e. The molecule has 0 aromatic carbocycles. The molecule has 0 bridgehead atoms. The molecule has 0 aliphatic carbocycles. The van der Waals surface area contributed by atoms with Crippen molar-refractivity contribution < 1.29 is 5.21 Å². The van der Waals surface area contributed by atoms with Crippen LogP contribution in [0, 0.1) is 0 Å². The van der Waals surface area contributed by atoms with Crippen molar-refractivity contribution in [1.29, 1.82) is 0 Å². The Balaban J connectivity index is 2.55. The zero-order valence-electron chi connectivity index (χ0n) is 6.04. The second-order valence-corrected chi connectivity index (χ2v) is 4.52. The Morgan fingerprint density at radius 1 is 1.58 bits per heavy atom. The fraction of sp³-hybridized carbons (Fsp3) is 0.286. The fourth-order valence-electron chi connectivity index (χ4n) is 1.37. The van der Waals surface area contributed by atoms with E-state index >= 15 is 0 Å². The second kappa shape index (κ2) is 2.88. The zero-order chi connectivity index (χ0) is 8.72. The average molecular weight is 294 g/mol. The van der Waals surface area contributed by atoms with Gasteiger partial charge in [-0.05, 0) is 28.1 Å². The number of fused-ring (bicyclic) bond motifs is 1. The van der Waals surface area contributed by atoms with Crippen molar-refractivity contribution in [3.8, 4) is 0 Å². The summed E-state index contributed by atoms with van der Waals surface area (Å²) in [6.45, 7) is 0.808. The molecular formula is C7H6Br2N2O. The molecule has 0 amide bonds. The van der Waals surface area contributed by atoms with E-state index in [1.165, 1.54) is 0 Å². The van der Waals surface area contributed by atoms with E-state index in [-0.39, 0.29) is 4.83 Å². The first kappa shape index (κ1) is 8.31. The van der Waals surface area contributed by atoms with Gasteiger partial charge in [0.05, 0.1) is 15.1 Å². The monoisotopic (exact) mass is 292 g/mol. The molecule has 1 atom stereocenters. The lowest BCUT2D eigenvalue weighted by Crippen LogP contribution is -2.08. The normalized spacial score (nSPS) is 24.8. The number of rotatable bonds is 0. The van der Waals surface area contributed by atoms with Crippen LogP contribution in [0.4, 0.5) is 0 Å². The van der Waals surface area contributed by atoms with E-state index < -0.39 is 0 Å². The van der Waals surface area contributed by atoms with Gasteiger partial charge in [-0.15, -0.1) is 0 Å². The van der Waals surface area contributed by atoms with Gasteiger partial charge >= 0.3 is 0 Å². The van der Waals surface area contributed by atoms with Crippen LogP contribution in [0.2, 0.25) is 0 Å². The second-order valence-electron chi connectivity index (χ2n) is 2.60. The third-order valence-corrected chi connectivity index (χ3v) is 3.35. The third kappa shape index (κ3) is 1.03. The SMILES string of the molecule is ON=C1c2ccc(Br)n2CC1Br. The van der Waals surface area contributed by atoms with Crippen molar-refractivity contribution in [2.24, 2.45) is 5.16 Å². The van der Waals surface area contributed by atoms with E-state index in [2.05, 4.69) is 41.6 Å². The van der Waals surface area contributed by atoms with E-state index in [4.69, 9.17) is 5.21 Å². The number of nitrogens with zero attached hydrogens (tertiary/aromatic N) is 2. The van der Waals surface area contributed by atoms with E-state index in [0.29, 0.717) is 5.71 Å². The maximum atomic E-state index is 8.72. The Hall–Kier alpha value is -0.290. The summed E-state index contributed by atoms with van der Waals surface area (Å²) in [7, 11) is 0. The third-order valence-electron chi connectivity index (χ3n) is 1.94. The van der Waals surface area contributed by atoms with Crippen LogP contribution in [-0.2, 0) is 6.54 Å². The topological polar surface area (TPSA) is 37.5 Å². The fourth-order valence-corrected chi connectivity index (χ4v) is 2.46. The molecule has 1 aliphatic rings. The number of hydrogen-bond donors (Lipinski definition) is 1. The standard InChI is InChI=1S/C7H6Br2N2O/c8-4-3-11-5(7(4)10-12)1-2-6(11)9/h1-2,4,12H,3H2. The lowest BCUT2D eigenvalue weighted by atomic mass is 10.2. The van der Waals surface area contributed by atoms with Crippen molar-refractivity contribution in [3.63, 3.8) is 0 Å². The molecule has 1 N–H and O–H groups in total. The molecule has 0 radical (unpaired) electrons. The minimum Gasteiger partial charge on any atom is -0.411 e. The summed E-state index contributed by atoms with van der Waals surface area (Å²) >= 11 is 6.83. The summed E-state index contributed by atoms with van der Waals surface area (Å²) < 4.78 is 3.06. The Morgan fingerprint density at radius 2 is 2.33 bits per heavy atom. The maximum absolute atomic E-state index is 8.72. The van der Waals surface area contributed by atoms with Gasteiger partial charge in [0.2, 0.25) is 0 Å². The molecule has 2 heterocycles. The smallest absolute Gasteiger partial charge is 0.119 e. The summed E-state index contributed by atoms with van der Waals surface area (Å²) in [6, 6.07) is 3.87. The predicted octanol–water partition coefficient (Wildman–Crippen LogP) is 2.21. The van der Waals surface area contributed by atoms with Crippen LogP contribution in [0.3, 0.4) is 0 Å². The summed E-state index contributed by atoms with van der Waals surface area (Å²) in [5, 5.41) is 12.0. The minimum absolute atomic E-state index is 0.120. The molecule has 0 saturated carbocycles. The molecule has 3 nitrogen and oxygen atoms in total. The predicted molar refractivity (Wildman–Crippen MR) is 53.2 cm³/mol. The van der Waals surface area contributed by atoms with E-state index in [1.807, 2.05) is 12.1 Å². The molecule has 0 saturated heterocycles. The zero-order valence-corrected chi connectivity index (χ0v) is 9.21. The number of aromatic nitrogens is 1. The van der Waals surface area contributed by atoms with Crippen LogP contribution < -0.4 is 0 Å². The highest BCUT2D eigenvalue weighted by molar-refractivity contribution is 9.10. The Morgan fingerprint density at radius 3 is 3.00 bits per heavy atom. The van der Waals surface area contributed by atoms with E-state index in [1.54, 1.807) is 0 Å². The van der Waals surface area contributed by atoms with Crippen LogP contribution in [0.15, 0.2) is 21.9 Å². The molecule has 0 spiro atoms. The first-order valence-electron chi connectivity index (χ1n) is 3.45. The first-order valence-corrected chi connectivity index (χ1v) is 5.16. The maximum Gasteiger partial charge on any atom is 0.119 e. The summed E-state index contributed by atoms with van der Waals surface area (Å²) in [5.41, 5.74) is 1.66. The van der Waals surface area contributed by atoms with Gasteiger partial charge in [0.15, 0.2) is 0 Å². The molecule has 0 fully saturated rings. The van der Waals surface area contributed by atoms with Crippen molar-refractivity contribution >= 4 is 37.6 Å². The molecule has 1 unspecified atom stereocenters. The van der Waals surface area contributed by atoms with Crippen molar-refractivity contribution in [3.05, 3.63) is 22.4 Å². The Bertz CT molecular complexity index is 345. The lowest BCUT2D eigenvalue weighted by molar-refractivity contribution is 0.318. The number of hydrogen-bond acceptors (Lipinski definition) is 2. The van der Waals surface area contributed by atoms with E-state index in [9.17, 15) is 0 Å². The Kier molecular flexibility index (Phi) is 2.00. The van der Waals surface area contributed by atoms with Crippen LogP contribution in [0.5, 0.6) is 0 Å². The number of alkyl halides is 1.